The van der Waals surface area contributed by atoms with Crippen LogP contribution in [0.5, 0.6) is 0 Å². The van der Waals surface area contributed by atoms with Gasteiger partial charge in [0.15, 0.2) is 0 Å². The molecule has 0 heterocycles. The minimum absolute atomic E-state index is 0.499. The highest BCUT2D eigenvalue weighted by molar-refractivity contribution is 9.10. The topological polar surface area (TPSA) is 37.3 Å². The monoisotopic (exact) mass is 296 g/mol. The molecule has 0 bridgehead atoms. The van der Waals surface area contributed by atoms with E-state index >= 15 is 0 Å². The van der Waals surface area contributed by atoms with Crippen LogP contribution in [0, 0.1) is 0 Å². The van der Waals surface area contributed by atoms with Crippen molar-refractivity contribution in [2.24, 2.45) is 0 Å². The summed E-state index contributed by atoms with van der Waals surface area (Å²) >= 11 is 3.56. The van der Waals surface area contributed by atoms with Crippen molar-refractivity contribution in [1.82, 2.24) is 0 Å². The molecule has 0 saturated heterocycles. The highest BCUT2D eigenvalue weighted by atomic mass is 79.9. The number of aliphatic carboxylic acids is 1. The van der Waals surface area contributed by atoms with Gasteiger partial charge < -0.3 is 5.11 Å². The molecule has 1 atom stereocenters. The predicted molar refractivity (Wildman–Crippen MR) is 71.4 cm³/mol. The Balaban J connectivity index is 2.35. The van der Waals surface area contributed by atoms with Crippen LogP contribution in [-0.4, -0.2) is 11.1 Å². The summed E-state index contributed by atoms with van der Waals surface area (Å²) in [6.45, 7) is 4.34. The Kier molecular flexibility index (Phi) is 3.30. The Morgan fingerprint density at radius 2 is 2.18 bits per heavy atom. The summed E-state index contributed by atoms with van der Waals surface area (Å²) in [7, 11) is 0. The number of carboxylic acid groups (broad SMARTS) is 1. The smallest absolute Gasteiger partial charge is 0.314 e. The van der Waals surface area contributed by atoms with Crippen molar-refractivity contribution in [3.05, 3.63) is 33.8 Å². The van der Waals surface area contributed by atoms with Gasteiger partial charge >= 0.3 is 5.97 Å². The molecule has 2 rings (SSSR count). The largest absolute Gasteiger partial charge is 0.481 e. The van der Waals surface area contributed by atoms with Gasteiger partial charge in [-0.15, -0.1) is 0 Å². The Morgan fingerprint density at radius 3 is 2.59 bits per heavy atom. The summed E-state index contributed by atoms with van der Waals surface area (Å²) in [6, 6.07) is 6.03. The molecular formula is C14H17BrO2. The van der Waals surface area contributed by atoms with Gasteiger partial charge in [-0.25, -0.2) is 0 Å². The summed E-state index contributed by atoms with van der Waals surface area (Å²) in [5.74, 6) is -0.195. The van der Waals surface area contributed by atoms with Crippen LogP contribution >= 0.6 is 15.9 Å². The van der Waals surface area contributed by atoms with Gasteiger partial charge in [-0.2, -0.15) is 0 Å². The van der Waals surface area contributed by atoms with E-state index in [9.17, 15) is 9.90 Å². The van der Waals surface area contributed by atoms with Crippen LogP contribution < -0.4 is 0 Å². The molecule has 0 spiro atoms. The van der Waals surface area contributed by atoms with Gasteiger partial charge in [0.25, 0.3) is 0 Å². The fourth-order valence-corrected chi connectivity index (χ4v) is 2.96. The Hall–Kier alpha value is -0.830. The lowest BCUT2D eigenvalue weighted by Crippen LogP contribution is -2.19. The van der Waals surface area contributed by atoms with E-state index in [0.717, 1.165) is 29.3 Å². The van der Waals surface area contributed by atoms with E-state index in [4.69, 9.17) is 0 Å². The molecule has 1 aromatic carbocycles. The first kappa shape index (κ1) is 12.6. The lowest BCUT2D eigenvalue weighted by Gasteiger charge is -2.15. The number of benzene rings is 1. The second-order valence-corrected chi connectivity index (χ2v) is 5.79. The van der Waals surface area contributed by atoms with Crippen molar-refractivity contribution >= 4 is 21.9 Å². The van der Waals surface area contributed by atoms with Crippen molar-refractivity contribution in [2.45, 2.75) is 44.4 Å². The van der Waals surface area contributed by atoms with Crippen LogP contribution in [0.1, 0.15) is 50.2 Å². The molecule has 1 aliphatic carbocycles. The van der Waals surface area contributed by atoms with E-state index in [1.54, 1.807) is 0 Å². The number of hydrogen-bond donors (Lipinski definition) is 1. The molecular weight excluding hydrogens is 280 g/mol. The third-order valence-corrected chi connectivity index (χ3v) is 4.54. The van der Waals surface area contributed by atoms with Gasteiger partial charge in [0.05, 0.1) is 5.41 Å². The SMILES string of the molecule is CCC(C)c1ccc(C2(C(=O)O)CC2)cc1Br. The number of hydrogen-bond acceptors (Lipinski definition) is 1. The Bertz CT molecular complexity index is 450. The van der Waals surface area contributed by atoms with E-state index < -0.39 is 11.4 Å². The van der Waals surface area contributed by atoms with Gasteiger partial charge in [0, 0.05) is 4.47 Å². The van der Waals surface area contributed by atoms with Crippen molar-refractivity contribution in [3.63, 3.8) is 0 Å². The van der Waals surface area contributed by atoms with Crippen LogP contribution in [0.15, 0.2) is 22.7 Å². The fourth-order valence-electron chi connectivity index (χ4n) is 2.20. The van der Waals surface area contributed by atoms with E-state index in [1.165, 1.54) is 5.56 Å². The van der Waals surface area contributed by atoms with Crippen LogP contribution in [0.2, 0.25) is 0 Å². The highest BCUT2D eigenvalue weighted by Gasteiger charge is 2.51. The molecule has 1 N–H and O–H groups in total. The molecule has 0 radical (unpaired) electrons. The molecule has 0 aliphatic heterocycles. The first-order valence-corrected chi connectivity index (χ1v) is 6.84. The molecule has 1 unspecified atom stereocenters. The predicted octanol–water partition coefficient (Wildman–Crippen LogP) is 4.08. The van der Waals surface area contributed by atoms with Gasteiger partial charge in [-0.05, 0) is 42.4 Å². The molecule has 0 amide bonds. The fraction of sp³-hybridized carbons (Fsp3) is 0.500. The molecule has 92 valence electrons. The minimum Gasteiger partial charge on any atom is -0.481 e. The number of carbonyl (C=O) groups is 1. The lowest BCUT2D eigenvalue weighted by atomic mass is 9.92. The number of carboxylic acids is 1. The quantitative estimate of drug-likeness (QED) is 0.909. The van der Waals surface area contributed by atoms with E-state index in [-0.39, 0.29) is 0 Å². The molecule has 2 nitrogen and oxygen atoms in total. The Morgan fingerprint density at radius 1 is 1.53 bits per heavy atom. The maximum absolute atomic E-state index is 11.3. The first-order chi connectivity index (χ1) is 8.01. The second-order valence-electron chi connectivity index (χ2n) is 4.93. The van der Waals surface area contributed by atoms with Crippen molar-refractivity contribution in [3.8, 4) is 0 Å². The average Bonchev–Trinajstić information content (AvgIpc) is 3.09. The zero-order valence-corrected chi connectivity index (χ0v) is 11.8. The van der Waals surface area contributed by atoms with Crippen molar-refractivity contribution < 1.29 is 9.90 Å². The minimum atomic E-state index is -0.694. The molecule has 1 fully saturated rings. The molecule has 17 heavy (non-hydrogen) atoms. The summed E-state index contributed by atoms with van der Waals surface area (Å²) in [5, 5.41) is 9.26. The van der Waals surface area contributed by atoms with Gasteiger partial charge in [-0.3, -0.25) is 4.79 Å². The molecule has 1 saturated carbocycles. The van der Waals surface area contributed by atoms with E-state index in [0.29, 0.717) is 5.92 Å². The third kappa shape index (κ3) is 2.13. The maximum atomic E-state index is 11.3. The average molecular weight is 297 g/mol. The molecule has 1 aromatic rings. The zero-order valence-electron chi connectivity index (χ0n) is 10.2. The van der Waals surface area contributed by atoms with Gasteiger partial charge in [-0.1, -0.05) is 41.9 Å². The summed E-state index contributed by atoms with van der Waals surface area (Å²) in [5.41, 5.74) is 1.60. The standard InChI is InChI=1S/C14H17BrO2/c1-3-9(2)11-5-4-10(8-12(11)15)14(6-7-14)13(16)17/h4-5,8-9H,3,6-7H2,1-2H3,(H,16,17). The van der Waals surface area contributed by atoms with Crippen molar-refractivity contribution in [2.75, 3.05) is 0 Å². The van der Waals surface area contributed by atoms with Crippen LogP contribution in [0.25, 0.3) is 0 Å². The summed E-state index contributed by atoms with van der Waals surface area (Å²) < 4.78 is 1.04. The van der Waals surface area contributed by atoms with Gasteiger partial charge in [0.2, 0.25) is 0 Å². The lowest BCUT2D eigenvalue weighted by molar-refractivity contribution is -0.140. The normalized spacial score (nSPS) is 18.8. The van der Waals surface area contributed by atoms with Crippen molar-refractivity contribution in [1.29, 1.82) is 0 Å². The van der Waals surface area contributed by atoms with Gasteiger partial charge in [0.1, 0.15) is 0 Å². The summed E-state index contributed by atoms with van der Waals surface area (Å²) in [4.78, 5) is 11.3. The van der Waals surface area contributed by atoms with Crippen LogP contribution in [0.3, 0.4) is 0 Å². The zero-order chi connectivity index (χ0) is 12.6. The first-order valence-electron chi connectivity index (χ1n) is 6.04. The van der Waals surface area contributed by atoms with E-state index in [2.05, 4.69) is 35.8 Å². The summed E-state index contributed by atoms with van der Waals surface area (Å²) in [6.07, 6.45) is 2.61. The highest BCUT2D eigenvalue weighted by Crippen LogP contribution is 2.49. The van der Waals surface area contributed by atoms with Crippen LogP contribution in [-0.2, 0) is 10.2 Å². The maximum Gasteiger partial charge on any atom is 0.314 e. The molecule has 3 heteroatoms. The molecule has 0 aromatic heterocycles. The number of halogens is 1. The molecule has 1 aliphatic rings. The third-order valence-electron chi connectivity index (χ3n) is 3.86. The Labute approximate surface area is 110 Å². The second kappa shape index (κ2) is 4.45. The number of rotatable bonds is 4. The van der Waals surface area contributed by atoms with E-state index in [1.807, 2.05) is 12.1 Å². The van der Waals surface area contributed by atoms with Crippen LogP contribution in [0.4, 0.5) is 0 Å².